The first-order valence-corrected chi connectivity index (χ1v) is 8.25. The third-order valence-corrected chi connectivity index (χ3v) is 4.13. The Morgan fingerprint density at radius 2 is 1.88 bits per heavy atom. The molecule has 3 rings (SSSR count). The number of hydrogen-bond acceptors (Lipinski definition) is 3. The Hall–Kier alpha value is -2.79. The molecule has 0 atom stereocenters. The van der Waals surface area contributed by atoms with Crippen LogP contribution in [-0.4, -0.2) is 29.8 Å². The molecule has 0 spiro atoms. The highest BCUT2D eigenvalue weighted by molar-refractivity contribution is 6.30. The van der Waals surface area contributed by atoms with E-state index in [4.69, 9.17) is 16.3 Å². The lowest BCUT2D eigenvalue weighted by molar-refractivity contribution is 0.0955. The van der Waals surface area contributed by atoms with E-state index < -0.39 is 0 Å². The van der Waals surface area contributed by atoms with Crippen LogP contribution < -0.4 is 10.1 Å². The molecule has 25 heavy (non-hydrogen) atoms. The second kappa shape index (κ2) is 7.85. The Labute approximate surface area is 151 Å². The summed E-state index contributed by atoms with van der Waals surface area (Å²) in [6.07, 6.45) is 2.27. The molecule has 0 radical (unpaired) electrons. The maximum Gasteiger partial charge on any atom is 0.255 e. The van der Waals surface area contributed by atoms with E-state index in [-0.39, 0.29) is 5.91 Å². The van der Waals surface area contributed by atoms with Crippen LogP contribution in [0.3, 0.4) is 0 Å². The summed E-state index contributed by atoms with van der Waals surface area (Å²) in [5, 5.41) is 10.4. The van der Waals surface area contributed by atoms with Gasteiger partial charge in [-0.15, -0.1) is 0 Å². The van der Waals surface area contributed by atoms with Crippen molar-refractivity contribution in [1.29, 1.82) is 0 Å². The van der Waals surface area contributed by atoms with E-state index in [2.05, 4.69) is 15.5 Å². The minimum absolute atomic E-state index is 0.160. The van der Waals surface area contributed by atoms with Crippen molar-refractivity contribution >= 4 is 17.5 Å². The van der Waals surface area contributed by atoms with Crippen LogP contribution in [0.1, 0.15) is 15.9 Å². The second-order valence-corrected chi connectivity index (χ2v) is 5.96. The zero-order valence-corrected chi connectivity index (χ0v) is 14.5. The van der Waals surface area contributed by atoms with Crippen LogP contribution in [0.25, 0.3) is 11.3 Å². The Kier molecular flexibility index (Phi) is 5.36. The number of rotatable bonds is 6. The van der Waals surface area contributed by atoms with Gasteiger partial charge in [-0.3, -0.25) is 9.89 Å². The van der Waals surface area contributed by atoms with Crippen LogP contribution >= 0.6 is 11.6 Å². The molecule has 0 bridgehead atoms. The fourth-order valence-electron chi connectivity index (χ4n) is 2.50. The van der Waals surface area contributed by atoms with E-state index in [1.165, 1.54) is 6.20 Å². The van der Waals surface area contributed by atoms with E-state index in [1.807, 2.05) is 36.4 Å². The zero-order chi connectivity index (χ0) is 17.6. The molecule has 6 heteroatoms. The highest BCUT2D eigenvalue weighted by Gasteiger charge is 2.14. The minimum atomic E-state index is -0.160. The molecule has 0 aliphatic heterocycles. The number of methoxy groups -OCH3 is 1. The van der Waals surface area contributed by atoms with Crippen molar-refractivity contribution in [3.8, 4) is 17.0 Å². The first-order valence-electron chi connectivity index (χ1n) is 7.88. The smallest absolute Gasteiger partial charge is 0.255 e. The monoisotopic (exact) mass is 355 g/mol. The molecule has 2 aromatic carbocycles. The van der Waals surface area contributed by atoms with E-state index in [9.17, 15) is 4.79 Å². The molecular formula is C19H18ClN3O2. The molecule has 1 heterocycles. The van der Waals surface area contributed by atoms with Crippen molar-refractivity contribution in [2.45, 2.75) is 6.42 Å². The lowest BCUT2D eigenvalue weighted by Crippen LogP contribution is -2.25. The average molecular weight is 356 g/mol. The van der Waals surface area contributed by atoms with E-state index >= 15 is 0 Å². The van der Waals surface area contributed by atoms with Gasteiger partial charge in [-0.1, -0.05) is 35.9 Å². The standard InChI is InChI=1S/C19H18ClN3O2/c1-25-16-8-2-13(3-9-16)10-11-21-19(24)17-12-22-23-18(17)14-4-6-15(20)7-5-14/h2-9,12H,10-11H2,1H3,(H,21,24)(H,22,23). The lowest BCUT2D eigenvalue weighted by Gasteiger charge is -2.07. The Morgan fingerprint density at radius 1 is 1.16 bits per heavy atom. The minimum Gasteiger partial charge on any atom is -0.497 e. The molecule has 0 saturated carbocycles. The summed E-state index contributed by atoms with van der Waals surface area (Å²) >= 11 is 5.91. The largest absolute Gasteiger partial charge is 0.497 e. The topological polar surface area (TPSA) is 67.0 Å². The van der Waals surface area contributed by atoms with Crippen LogP contribution in [0.15, 0.2) is 54.7 Å². The third-order valence-electron chi connectivity index (χ3n) is 3.88. The summed E-state index contributed by atoms with van der Waals surface area (Å²) in [6.45, 7) is 0.538. The van der Waals surface area contributed by atoms with E-state index in [0.29, 0.717) is 22.8 Å². The van der Waals surface area contributed by atoms with Gasteiger partial charge < -0.3 is 10.1 Å². The van der Waals surface area contributed by atoms with Gasteiger partial charge >= 0.3 is 0 Å². The highest BCUT2D eigenvalue weighted by atomic mass is 35.5. The number of hydrogen-bond donors (Lipinski definition) is 2. The number of nitrogens with zero attached hydrogens (tertiary/aromatic N) is 1. The van der Waals surface area contributed by atoms with Gasteiger partial charge in [0.25, 0.3) is 5.91 Å². The number of H-pyrrole nitrogens is 1. The molecule has 5 nitrogen and oxygen atoms in total. The van der Waals surface area contributed by atoms with Crippen LogP contribution in [0.4, 0.5) is 0 Å². The van der Waals surface area contributed by atoms with Gasteiger partial charge in [0.05, 0.1) is 24.6 Å². The molecule has 1 aromatic heterocycles. The Balaban J connectivity index is 1.62. The normalized spacial score (nSPS) is 10.5. The summed E-state index contributed by atoms with van der Waals surface area (Å²) in [5.41, 5.74) is 3.18. The van der Waals surface area contributed by atoms with Gasteiger partial charge in [0.15, 0.2) is 0 Å². The number of amides is 1. The molecular weight excluding hydrogens is 338 g/mol. The fraction of sp³-hybridized carbons (Fsp3) is 0.158. The van der Waals surface area contributed by atoms with Gasteiger partial charge in [0, 0.05) is 17.1 Å². The van der Waals surface area contributed by atoms with Gasteiger partial charge in [-0.05, 0) is 36.2 Å². The van der Waals surface area contributed by atoms with Crippen molar-refractivity contribution in [3.63, 3.8) is 0 Å². The van der Waals surface area contributed by atoms with Gasteiger partial charge in [0.2, 0.25) is 0 Å². The van der Waals surface area contributed by atoms with Gasteiger partial charge in [-0.2, -0.15) is 5.10 Å². The third kappa shape index (κ3) is 4.19. The molecule has 0 aliphatic rings. The molecule has 1 amide bonds. The van der Waals surface area contributed by atoms with E-state index in [1.54, 1.807) is 19.2 Å². The molecule has 0 aliphatic carbocycles. The predicted octanol–water partition coefficient (Wildman–Crippen LogP) is 3.71. The van der Waals surface area contributed by atoms with E-state index in [0.717, 1.165) is 23.3 Å². The quantitative estimate of drug-likeness (QED) is 0.708. The van der Waals surface area contributed by atoms with Gasteiger partial charge in [-0.25, -0.2) is 0 Å². The summed E-state index contributed by atoms with van der Waals surface area (Å²) in [7, 11) is 1.64. The number of aromatic amines is 1. The SMILES string of the molecule is COc1ccc(CCNC(=O)c2cn[nH]c2-c2ccc(Cl)cc2)cc1. The molecule has 0 unspecified atom stereocenters. The highest BCUT2D eigenvalue weighted by Crippen LogP contribution is 2.22. The van der Waals surface area contributed by atoms with Crippen molar-refractivity contribution in [2.24, 2.45) is 0 Å². The maximum atomic E-state index is 12.4. The maximum absolute atomic E-state index is 12.4. The van der Waals surface area contributed by atoms with Crippen molar-refractivity contribution in [2.75, 3.05) is 13.7 Å². The number of aromatic nitrogens is 2. The number of nitrogens with one attached hydrogen (secondary N) is 2. The summed E-state index contributed by atoms with van der Waals surface area (Å²) in [5.74, 6) is 0.658. The number of halogens is 1. The van der Waals surface area contributed by atoms with Crippen LogP contribution in [0, 0.1) is 0 Å². The average Bonchev–Trinajstić information content (AvgIpc) is 3.13. The molecule has 3 aromatic rings. The second-order valence-electron chi connectivity index (χ2n) is 5.52. The number of ether oxygens (including phenoxy) is 1. The predicted molar refractivity (Wildman–Crippen MR) is 98.1 cm³/mol. The Bertz CT molecular complexity index is 842. The van der Waals surface area contributed by atoms with Gasteiger partial charge in [0.1, 0.15) is 5.75 Å². The molecule has 2 N–H and O–H groups in total. The van der Waals surface area contributed by atoms with Crippen LogP contribution in [-0.2, 0) is 6.42 Å². The molecule has 0 fully saturated rings. The van der Waals surface area contributed by atoms with Crippen LogP contribution in [0.2, 0.25) is 5.02 Å². The zero-order valence-electron chi connectivity index (χ0n) is 13.8. The summed E-state index contributed by atoms with van der Waals surface area (Å²) in [4.78, 5) is 12.4. The number of benzene rings is 2. The Morgan fingerprint density at radius 3 is 2.56 bits per heavy atom. The lowest BCUT2D eigenvalue weighted by atomic mass is 10.1. The summed E-state index contributed by atoms with van der Waals surface area (Å²) in [6, 6.07) is 15.1. The van der Waals surface area contributed by atoms with Crippen molar-refractivity contribution < 1.29 is 9.53 Å². The first-order chi connectivity index (χ1) is 12.2. The van der Waals surface area contributed by atoms with Crippen LogP contribution in [0.5, 0.6) is 5.75 Å². The first kappa shape index (κ1) is 17.0. The van der Waals surface area contributed by atoms with Crippen molar-refractivity contribution in [3.05, 3.63) is 70.9 Å². The molecule has 128 valence electrons. The molecule has 0 saturated heterocycles. The number of carbonyl (C=O) groups excluding carboxylic acids is 1. The number of carbonyl (C=O) groups is 1. The van der Waals surface area contributed by atoms with Crippen molar-refractivity contribution in [1.82, 2.24) is 15.5 Å². The fourth-order valence-corrected chi connectivity index (χ4v) is 2.63. The summed E-state index contributed by atoms with van der Waals surface area (Å²) < 4.78 is 5.13.